The number of esters is 2. The van der Waals surface area contributed by atoms with Crippen LogP contribution in [-0.2, 0) is 14.2 Å². The molecule has 1 heterocycles. The van der Waals surface area contributed by atoms with Gasteiger partial charge in [-0.2, -0.15) is 0 Å². The summed E-state index contributed by atoms with van der Waals surface area (Å²) in [5.41, 5.74) is 1.81. The zero-order valence-corrected chi connectivity index (χ0v) is 12.4. The van der Waals surface area contributed by atoms with Crippen molar-refractivity contribution in [3.8, 4) is 0 Å². The second kappa shape index (κ2) is 7.69. The highest BCUT2D eigenvalue weighted by atomic mass is 16.6. The topological polar surface area (TPSA) is 77.6 Å². The summed E-state index contributed by atoms with van der Waals surface area (Å²) >= 11 is 0. The van der Waals surface area contributed by atoms with E-state index in [-0.39, 0.29) is 13.2 Å². The number of carbonyl (C=O) groups is 2. The Morgan fingerprint density at radius 2 is 1.70 bits per heavy atom. The number of H-pyrrole nitrogens is 1. The number of hydrogen-bond acceptors (Lipinski definition) is 5. The second-order valence-electron chi connectivity index (χ2n) is 4.18. The summed E-state index contributed by atoms with van der Waals surface area (Å²) in [4.78, 5) is 26.6. The average Bonchev–Trinajstić information content (AvgIpc) is 2.70. The highest BCUT2D eigenvalue weighted by molar-refractivity contribution is 5.98. The Balaban J connectivity index is 2.80. The average molecular weight is 283 g/mol. The van der Waals surface area contributed by atoms with Crippen LogP contribution in [0.25, 0.3) is 0 Å². The molecule has 1 aromatic rings. The third-order valence-corrected chi connectivity index (χ3v) is 2.79. The third kappa shape index (κ3) is 3.84. The first-order chi connectivity index (χ1) is 9.52. The number of ether oxygens (including phenoxy) is 3. The van der Waals surface area contributed by atoms with Crippen molar-refractivity contribution in [2.75, 3.05) is 26.4 Å². The van der Waals surface area contributed by atoms with Crippen molar-refractivity contribution < 1.29 is 23.8 Å². The van der Waals surface area contributed by atoms with Crippen LogP contribution in [0.5, 0.6) is 0 Å². The lowest BCUT2D eigenvalue weighted by Crippen LogP contribution is -2.12. The van der Waals surface area contributed by atoms with Crippen molar-refractivity contribution in [3.63, 3.8) is 0 Å². The Kier molecular flexibility index (Phi) is 6.24. The molecule has 0 aromatic carbocycles. The molecule has 0 saturated carbocycles. The molecule has 1 rings (SSSR count). The van der Waals surface area contributed by atoms with Crippen LogP contribution in [0.1, 0.15) is 46.0 Å². The number of aromatic amines is 1. The number of aromatic nitrogens is 1. The molecule has 0 aliphatic carbocycles. The van der Waals surface area contributed by atoms with Gasteiger partial charge in [0.15, 0.2) is 0 Å². The van der Waals surface area contributed by atoms with Gasteiger partial charge in [0.25, 0.3) is 0 Å². The smallest absolute Gasteiger partial charge is 0.355 e. The fourth-order valence-corrected chi connectivity index (χ4v) is 1.87. The molecular weight excluding hydrogens is 262 g/mol. The van der Waals surface area contributed by atoms with Crippen LogP contribution in [0, 0.1) is 13.8 Å². The van der Waals surface area contributed by atoms with E-state index in [9.17, 15) is 9.59 Å². The Labute approximate surface area is 118 Å². The predicted molar refractivity (Wildman–Crippen MR) is 73.0 cm³/mol. The van der Waals surface area contributed by atoms with Gasteiger partial charge in [-0.25, -0.2) is 9.59 Å². The molecule has 6 heteroatoms. The molecule has 0 unspecified atom stereocenters. The van der Waals surface area contributed by atoms with Crippen molar-refractivity contribution in [2.24, 2.45) is 0 Å². The number of hydrogen-bond donors (Lipinski definition) is 1. The van der Waals surface area contributed by atoms with E-state index in [1.807, 2.05) is 6.92 Å². The van der Waals surface area contributed by atoms with Gasteiger partial charge in [0, 0.05) is 12.3 Å². The van der Waals surface area contributed by atoms with Gasteiger partial charge in [-0.3, -0.25) is 0 Å². The summed E-state index contributed by atoms with van der Waals surface area (Å²) in [7, 11) is 0. The molecule has 0 radical (unpaired) electrons. The Hall–Kier alpha value is -1.82. The van der Waals surface area contributed by atoms with Crippen LogP contribution in [0.3, 0.4) is 0 Å². The van der Waals surface area contributed by atoms with E-state index >= 15 is 0 Å². The monoisotopic (exact) mass is 283 g/mol. The van der Waals surface area contributed by atoms with Gasteiger partial charge < -0.3 is 19.2 Å². The molecule has 0 bridgehead atoms. The first-order valence-electron chi connectivity index (χ1n) is 6.64. The lowest BCUT2D eigenvalue weighted by atomic mass is 10.1. The summed E-state index contributed by atoms with van der Waals surface area (Å²) in [6, 6.07) is 0. The van der Waals surface area contributed by atoms with Gasteiger partial charge >= 0.3 is 11.9 Å². The summed E-state index contributed by atoms with van der Waals surface area (Å²) in [6.07, 6.45) is 0. The number of carbonyl (C=O) groups excluding carboxylic acids is 2. The van der Waals surface area contributed by atoms with Crippen LogP contribution in [0.4, 0.5) is 0 Å². The summed E-state index contributed by atoms with van der Waals surface area (Å²) < 4.78 is 15.1. The Morgan fingerprint density at radius 1 is 1.00 bits per heavy atom. The number of rotatable bonds is 7. The molecule has 0 amide bonds. The molecule has 0 atom stereocenters. The maximum atomic E-state index is 12.0. The van der Waals surface area contributed by atoms with E-state index < -0.39 is 11.9 Å². The lowest BCUT2D eigenvalue weighted by Gasteiger charge is -2.05. The maximum absolute atomic E-state index is 12.0. The molecule has 0 aliphatic rings. The minimum atomic E-state index is -0.471. The Bertz CT molecular complexity index is 478. The largest absolute Gasteiger partial charge is 0.461 e. The molecule has 112 valence electrons. The van der Waals surface area contributed by atoms with Gasteiger partial charge in [0.05, 0.1) is 18.8 Å². The highest BCUT2D eigenvalue weighted by Gasteiger charge is 2.23. The minimum Gasteiger partial charge on any atom is -0.461 e. The summed E-state index contributed by atoms with van der Waals surface area (Å²) in [5.74, 6) is -0.937. The van der Waals surface area contributed by atoms with Crippen molar-refractivity contribution in [2.45, 2.75) is 27.7 Å². The van der Waals surface area contributed by atoms with Crippen LogP contribution in [0.2, 0.25) is 0 Å². The first kappa shape index (κ1) is 16.2. The van der Waals surface area contributed by atoms with E-state index in [1.165, 1.54) is 0 Å². The van der Waals surface area contributed by atoms with Gasteiger partial charge in [0.2, 0.25) is 0 Å². The van der Waals surface area contributed by atoms with Crippen LogP contribution >= 0.6 is 0 Å². The standard InChI is InChI=1S/C14H21NO5/c1-5-18-7-8-20-13(16)11-9(3)12(15-10(11)4)14(17)19-6-2/h15H,5-8H2,1-4H3. The van der Waals surface area contributed by atoms with Gasteiger partial charge in [0.1, 0.15) is 12.3 Å². The van der Waals surface area contributed by atoms with Crippen molar-refractivity contribution >= 4 is 11.9 Å². The van der Waals surface area contributed by atoms with E-state index in [4.69, 9.17) is 14.2 Å². The molecule has 1 N–H and O–H groups in total. The van der Waals surface area contributed by atoms with Gasteiger partial charge in [-0.05, 0) is 33.3 Å². The molecule has 0 saturated heterocycles. The van der Waals surface area contributed by atoms with Gasteiger partial charge in [-0.15, -0.1) is 0 Å². The number of aryl methyl sites for hydroxylation is 1. The molecule has 1 aromatic heterocycles. The summed E-state index contributed by atoms with van der Waals surface area (Å²) in [5, 5.41) is 0. The molecule has 6 nitrogen and oxygen atoms in total. The maximum Gasteiger partial charge on any atom is 0.355 e. The normalized spacial score (nSPS) is 10.4. The predicted octanol–water partition coefficient (Wildman–Crippen LogP) is 2.00. The molecule has 20 heavy (non-hydrogen) atoms. The minimum absolute atomic E-state index is 0.186. The van der Waals surface area contributed by atoms with Crippen molar-refractivity contribution in [1.82, 2.24) is 4.98 Å². The van der Waals surface area contributed by atoms with Crippen LogP contribution < -0.4 is 0 Å². The van der Waals surface area contributed by atoms with E-state index in [2.05, 4.69) is 4.98 Å². The molecule has 0 fully saturated rings. The third-order valence-electron chi connectivity index (χ3n) is 2.79. The van der Waals surface area contributed by atoms with Crippen LogP contribution in [-0.4, -0.2) is 43.4 Å². The summed E-state index contributed by atoms with van der Waals surface area (Å²) in [6.45, 7) is 8.40. The molecule has 0 spiro atoms. The first-order valence-corrected chi connectivity index (χ1v) is 6.64. The number of nitrogens with one attached hydrogen (secondary N) is 1. The van der Waals surface area contributed by atoms with E-state index in [0.29, 0.717) is 35.7 Å². The lowest BCUT2D eigenvalue weighted by molar-refractivity contribution is 0.0334. The molecule has 0 aliphatic heterocycles. The zero-order chi connectivity index (χ0) is 15.1. The van der Waals surface area contributed by atoms with E-state index in [0.717, 1.165) is 0 Å². The zero-order valence-electron chi connectivity index (χ0n) is 12.4. The molecular formula is C14H21NO5. The fraction of sp³-hybridized carbons (Fsp3) is 0.571. The van der Waals surface area contributed by atoms with Crippen molar-refractivity contribution in [1.29, 1.82) is 0 Å². The van der Waals surface area contributed by atoms with Crippen LogP contribution in [0.15, 0.2) is 0 Å². The SMILES string of the molecule is CCOCCOC(=O)c1c(C)[nH]c(C(=O)OCC)c1C. The highest BCUT2D eigenvalue weighted by Crippen LogP contribution is 2.19. The quantitative estimate of drug-likeness (QED) is 0.611. The second-order valence-corrected chi connectivity index (χ2v) is 4.18. The van der Waals surface area contributed by atoms with E-state index in [1.54, 1.807) is 20.8 Å². The van der Waals surface area contributed by atoms with Crippen molar-refractivity contribution in [3.05, 3.63) is 22.5 Å². The van der Waals surface area contributed by atoms with Gasteiger partial charge in [-0.1, -0.05) is 0 Å². The fourth-order valence-electron chi connectivity index (χ4n) is 1.87. The Morgan fingerprint density at radius 3 is 2.30 bits per heavy atom.